The smallest absolute Gasteiger partial charge is 0.409 e. The number of carbonyl (C=O) groups is 2. The average molecular weight is 605 g/mol. The maximum atomic E-state index is 13.1. The van der Waals surface area contributed by atoms with Crippen LogP contribution < -0.4 is 0 Å². The molecular weight excluding hydrogens is 570 g/mol. The molecule has 2 aliphatic carbocycles. The molecule has 1 saturated heterocycles. The van der Waals surface area contributed by atoms with E-state index >= 15 is 0 Å². The van der Waals surface area contributed by atoms with Crippen molar-refractivity contribution in [1.29, 1.82) is 0 Å². The zero-order valence-electron chi connectivity index (χ0n) is 22.5. The van der Waals surface area contributed by atoms with Crippen molar-refractivity contribution < 1.29 is 24.2 Å². The van der Waals surface area contributed by atoms with Crippen LogP contribution in [-0.2, 0) is 19.9 Å². The summed E-state index contributed by atoms with van der Waals surface area (Å²) in [4.78, 5) is 26.3. The van der Waals surface area contributed by atoms with Crippen LogP contribution in [0.5, 0.6) is 0 Å². The maximum absolute atomic E-state index is 13.1. The van der Waals surface area contributed by atoms with E-state index in [1.807, 2.05) is 41.3 Å². The Labute approximate surface area is 243 Å². The van der Waals surface area contributed by atoms with Crippen molar-refractivity contribution in [3.8, 4) is 11.1 Å². The number of piperidine rings is 1. The highest BCUT2D eigenvalue weighted by atomic mass is 79.9. The van der Waals surface area contributed by atoms with Gasteiger partial charge in [0.05, 0.1) is 5.60 Å². The van der Waals surface area contributed by atoms with Crippen molar-refractivity contribution in [1.82, 2.24) is 4.90 Å². The van der Waals surface area contributed by atoms with Gasteiger partial charge < -0.3 is 19.5 Å². The Kier molecular flexibility index (Phi) is 7.44. The van der Waals surface area contributed by atoms with E-state index < -0.39 is 11.6 Å². The molecule has 0 radical (unpaired) electrons. The SMILES string of the molecule is O=C(O)COC1(c2ccc(Br)cc2)CCC2(CCN(C(=O)OCC3c4ccccc4-c4ccccc43)CC2)CC1. The number of likely N-dealkylation sites (tertiary alicyclic amines) is 1. The minimum absolute atomic E-state index is 0.0587. The van der Waals surface area contributed by atoms with Gasteiger partial charge in [0, 0.05) is 23.5 Å². The molecule has 2 fully saturated rings. The van der Waals surface area contributed by atoms with Crippen LogP contribution in [0.1, 0.15) is 61.1 Å². The molecule has 0 unspecified atom stereocenters. The van der Waals surface area contributed by atoms with Crippen LogP contribution in [0.2, 0.25) is 0 Å². The fraction of sp³-hybridized carbons (Fsp3) is 0.394. The summed E-state index contributed by atoms with van der Waals surface area (Å²) in [6.07, 6.45) is 5.04. The number of nitrogens with zero attached hydrogens (tertiary/aromatic N) is 1. The third kappa shape index (κ3) is 5.17. The van der Waals surface area contributed by atoms with Gasteiger partial charge >= 0.3 is 12.1 Å². The zero-order valence-corrected chi connectivity index (χ0v) is 24.1. The molecule has 1 amide bonds. The molecule has 6 nitrogen and oxygen atoms in total. The molecule has 1 N–H and O–H groups in total. The van der Waals surface area contributed by atoms with Crippen LogP contribution in [-0.4, -0.2) is 48.4 Å². The summed E-state index contributed by atoms with van der Waals surface area (Å²) >= 11 is 3.49. The fourth-order valence-electron chi connectivity index (χ4n) is 7.00. The van der Waals surface area contributed by atoms with E-state index in [4.69, 9.17) is 9.47 Å². The first kappa shape index (κ1) is 27.0. The highest BCUT2D eigenvalue weighted by Gasteiger charge is 2.46. The van der Waals surface area contributed by atoms with Crippen molar-refractivity contribution in [3.05, 3.63) is 94.0 Å². The second-order valence-electron chi connectivity index (χ2n) is 11.5. The maximum Gasteiger partial charge on any atom is 0.409 e. The summed E-state index contributed by atoms with van der Waals surface area (Å²) in [5.74, 6) is -0.892. The van der Waals surface area contributed by atoms with Crippen molar-refractivity contribution >= 4 is 28.0 Å². The van der Waals surface area contributed by atoms with E-state index in [-0.39, 0.29) is 24.0 Å². The lowest BCUT2D eigenvalue weighted by Crippen LogP contribution is -2.47. The van der Waals surface area contributed by atoms with Crippen LogP contribution in [0.25, 0.3) is 11.1 Å². The Morgan fingerprint density at radius 2 is 1.40 bits per heavy atom. The van der Waals surface area contributed by atoms with Gasteiger partial charge in [-0.25, -0.2) is 9.59 Å². The number of hydrogen-bond acceptors (Lipinski definition) is 4. The first-order valence-electron chi connectivity index (χ1n) is 14.1. The number of carboxylic acid groups (broad SMARTS) is 1. The molecule has 3 aromatic carbocycles. The lowest BCUT2D eigenvalue weighted by molar-refractivity contribution is -0.157. The number of carbonyl (C=O) groups excluding carboxylic acids is 1. The largest absolute Gasteiger partial charge is 0.480 e. The Morgan fingerprint density at radius 3 is 1.98 bits per heavy atom. The molecule has 7 heteroatoms. The molecule has 0 atom stereocenters. The molecule has 0 aromatic heterocycles. The predicted octanol–water partition coefficient (Wildman–Crippen LogP) is 7.35. The average Bonchev–Trinajstić information content (AvgIpc) is 3.30. The molecule has 1 aliphatic heterocycles. The Bertz CT molecular complexity index is 1340. The van der Waals surface area contributed by atoms with E-state index in [9.17, 15) is 14.7 Å². The van der Waals surface area contributed by atoms with Gasteiger partial charge in [-0.05, 0) is 83.9 Å². The second kappa shape index (κ2) is 11.0. The minimum Gasteiger partial charge on any atom is -0.480 e. The number of halogens is 1. The lowest BCUT2D eigenvalue weighted by atomic mass is 9.63. The summed E-state index contributed by atoms with van der Waals surface area (Å²) in [6.45, 7) is 1.39. The molecule has 40 heavy (non-hydrogen) atoms. The number of carboxylic acids is 1. The van der Waals surface area contributed by atoms with Crippen molar-refractivity contribution in [2.45, 2.75) is 50.0 Å². The van der Waals surface area contributed by atoms with Gasteiger partial charge in [0.1, 0.15) is 13.2 Å². The normalized spacial score (nSPS) is 19.2. The van der Waals surface area contributed by atoms with Gasteiger partial charge in [-0.1, -0.05) is 76.6 Å². The van der Waals surface area contributed by atoms with Gasteiger partial charge in [-0.15, -0.1) is 0 Å². The standard InChI is InChI=1S/C33H34BrNO5/c34-24-11-9-23(10-12-24)33(40-22-30(36)37)15-13-32(14-16-33)17-19-35(20-18-32)31(38)39-21-29-27-7-3-1-5-25(27)26-6-2-4-8-28(26)29/h1-12,29H,13-22H2,(H,36,37). The lowest BCUT2D eigenvalue weighted by Gasteiger charge is -2.49. The van der Waals surface area contributed by atoms with Gasteiger partial charge in [0.15, 0.2) is 0 Å². The van der Waals surface area contributed by atoms with Crippen LogP contribution in [0.3, 0.4) is 0 Å². The van der Waals surface area contributed by atoms with Gasteiger partial charge in [-0.3, -0.25) is 0 Å². The molecule has 6 rings (SSSR count). The Hall–Kier alpha value is -3.16. The number of benzene rings is 3. The summed E-state index contributed by atoms with van der Waals surface area (Å²) in [5, 5.41) is 9.30. The van der Waals surface area contributed by atoms with Crippen LogP contribution in [0.4, 0.5) is 4.79 Å². The van der Waals surface area contributed by atoms with Gasteiger partial charge in [0.25, 0.3) is 0 Å². The number of fused-ring (bicyclic) bond motifs is 3. The molecule has 3 aliphatic rings. The molecule has 208 valence electrons. The molecule has 1 heterocycles. The monoisotopic (exact) mass is 603 g/mol. The zero-order chi connectivity index (χ0) is 27.7. The summed E-state index contributed by atoms with van der Waals surface area (Å²) in [7, 11) is 0. The Morgan fingerprint density at radius 1 is 0.825 bits per heavy atom. The number of rotatable bonds is 6. The van der Waals surface area contributed by atoms with E-state index in [2.05, 4.69) is 52.3 Å². The van der Waals surface area contributed by atoms with Crippen molar-refractivity contribution in [2.24, 2.45) is 5.41 Å². The summed E-state index contributed by atoms with van der Waals surface area (Å²) in [5.41, 5.74) is 5.47. The number of amides is 1. The first-order valence-corrected chi connectivity index (χ1v) is 14.9. The van der Waals surface area contributed by atoms with E-state index in [1.165, 1.54) is 22.3 Å². The third-order valence-electron chi connectivity index (χ3n) is 9.38. The van der Waals surface area contributed by atoms with Gasteiger partial charge in [-0.2, -0.15) is 0 Å². The Balaban J connectivity index is 1.06. The van der Waals surface area contributed by atoms with E-state index in [1.54, 1.807) is 0 Å². The number of hydrogen-bond donors (Lipinski definition) is 1. The van der Waals surface area contributed by atoms with E-state index in [0.29, 0.717) is 19.7 Å². The quantitative estimate of drug-likeness (QED) is 0.319. The highest BCUT2D eigenvalue weighted by Crippen LogP contribution is 2.52. The topological polar surface area (TPSA) is 76.1 Å². The first-order chi connectivity index (χ1) is 19.4. The molecule has 1 saturated carbocycles. The van der Waals surface area contributed by atoms with Crippen LogP contribution >= 0.6 is 15.9 Å². The minimum atomic E-state index is -0.951. The van der Waals surface area contributed by atoms with Gasteiger partial charge in [0.2, 0.25) is 0 Å². The summed E-state index contributed by atoms with van der Waals surface area (Å²) < 4.78 is 13.0. The van der Waals surface area contributed by atoms with Crippen molar-refractivity contribution in [2.75, 3.05) is 26.3 Å². The number of aliphatic carboxylic acids is 1. The van der Waals surface area contributed by atoms with Crippen molar-refractivity contribution in [3.63, 3.8) is 0 Å². The molecule has 0 bridgehead atoms. The predicted molar refractivity (Wildman–Crippen MR) is 156 cm³/mol. The van der Waals surface area contributed by atoms with E-state index in [0.717, 1.165) is 48.6 Å². The third-order valence-corrected chi connectivity index (χ3v) is 9.91. The number of ether oxygens (including phenoxy) is 2. The van der Waals surface area contributed by atoms with Crippen LogP contribution in [0, 0.1) is 5.41 Å². The molecule has 1 spiro atoms. The summed E-state index contributed by atoms with van der Waals surface area (Å²) in [6, 6.07) is 24.8. The highest BCUT2D eigenvalue weighted by molar-refractivity contribution is 9.10. The second-order valence-corrected chi connectivity index (χ2v) is 12.4. The molecule has 3 aromatic rings. The van der Waals surface area contributed by atoms with Crippen LogP contribution in [0.15, 0.2) is 77.3 Å². The fourth-order valence-corrected chi connectivity index (χ4v) is 7.27. The molecular formula is C33H34BrNO5.